The van der Waals surface area contributed by atoms with Gasteiger partial charge in [-0.2, -0.15) is 10.2 Å². The zero-order valence-electron chi connectivity index (χ0n) is 14.0. The van der Waals surface area contributed by atoms with Crippen molar-refractivity contribution in [3.8, 4) is 5.75 Å². The molecule has 23 heavy (non-hydrogen) atoms. The van der Waals surface area contributed by atoms with E-state index in [1.807, 2.05) is 58.3 Å². The fourth-order valence-electron chi connectivity index (χ4n) is 2.27. The zero-order valence-corrected chi connectivity index (χ0v) is 14.0. The Kier molecular flexibility index (Phi) is 5.51. The van der Waals surface area contributed by atoms with Crippen molar-refractivity contribution in [1.82, 2.24) is 15.2 Å². The van der Waals surface area contributed by atoms with E-state index in [4.69, 9.17) is 4.74 Å². The first-order chi connectivity index (χ1) is 11.0. The summed E-state index contributed by atoms with van der Waals surface area (Å²) in [6.07, 6.45) is 2.73. The van der Waals surface area contributed by atoms with Crippen molar-refractivity contribution in [3.63, 3.8) is 0 Å². The number of hydrogen-bond donors (Lipinski definition) is 1. The maximum atomic E-state index is 11.9. The Morgan fingerprint density at radius 2 is 2.13 bits per heavy atom. The second-order valence-corrected chi connectivity index (χ2v) is 5.28. The number of rotatable bonds is 6. The van der Waals surface area contributed by atoms with Crippen LogP contribution in [0.2, 0.25) is 0 Å². The fraction of sp³-hybridized carbons (Fsp3) is 0.353. The number of amides is 1. The third kappa shape index (κ3) is 4.42. The minimum absolute atomic E-state index is 0.0696. The van der Waals surface area contributed by atoms with Crippen LogP contribution in [0.5, 0.6) is 5.75 Å². The summed E-state index contributed by atoms with van der Waals surface area (Å²) < 4.78 is 7.28. The fourth-order valence-corrected chi connectivity index (χ4v) is 2.27. The summed E-state index contributed by atoms with van der Waals surface area (Å²) in [5, 5.41) is 8.36. The van der Waals surface area contributed by atoms with Crippen molar-refractivity contribution in [2.45, 2.75) is 27.2 Å². The molecule has 0 aliphatic heterocycles. The van der Waals surface area contributed by atoms with Crippen molar-refractivity contribution in [3.05, 3.63) is 47.3 Å². The summed E-state index contributed by atoms with van der Waals surface area (Å²) in [6, 6.07) is 7.69. The topological polar surface area (TPSA) is 68.5 Å². The molecular weight excluding hydrogens is 292 g/mol. The van der Waals surface area contributed by atoms with Crippen molar-refractivity contribution < 1.29 is 9.53 Å². The van der Waals surface area contributed by atoms with E-state index in [1.165, 1.54) is 0 Å². The average Bonchev–Trinajstić information content (AvgIpc) is 2.89. The number of aromatic nitrogens is 2. The Morgan fingerprint density at radius 1 is 1.39 bits per heavy atom. The molecule has 0 radical (unpaired) electrons. The summed E-state index contributed by atoms with van der Waals surface area (Å²) in [5.74, 6) is 0.436. The molecular formula is C17H22N4O2. The molecule has 0 saturated carbocycles. The molecule has 1 aromatic carbocycles. The molecule has 0 aliphatic rings. The lowest BCUT2D eigenvalue weighted by molar-refractivity contribution is -0.123. The predicted molar refractivity (Wildman–Crippen MR) is 89.6 cm³/mol. The second kappa shape index (κ2) is 7.58. The van der Waals surface area contributed by atoms with Crippen LogP contribution in [0.15, 0.2) is 35.6 Å². The van der Waals surface area contributed by atoms with Crippen molar-refractivity contribution in [2.75, 3.05) is 6.61 Å². The number of carbonyl (C=O) groups is 1. The quantitative estimate of drug-likeness (QED) is 0.656. The van der Waals surface area contributed by atoms with Gasteiger partial charge in [0.2, 0.25) is 0 Å². The van der Waals surface area contributed by atoms with Gasteiger partial charge in [0, 0.05) is 18.8 Å². The highest BCUT2D eigenvalue weighted by Gasteiger charge is 2.08. The molecule has 6 heteroatoms. The molecule has 0 unspecified atom stereocenters. The minimum atomic E-state index is -0.295. The predicted octanol–water partition coefficient (Wildman–Crippen LogP) is 2.21. The van der Waals surface area contributed by atoms with Crippen LogP contribution in [-0.2, 0) is 18.3 Å². The summed E-state index contributed by atoms with van der Waals surface area (Å²) >= 11 is 0. The van der Waals surface area contributed by atoms with Gasteiger partial charge in [0.15, 0.2) is 6.61 Å². The van der Waals surface area contributed by atoms with Crippen LogP contribution < -0.4 is 10.2 Å². The number of para-hydroxylation sites is 1. The average molecular weight is 314 g/mol. The lowest BCUT2D eigenvalue weighted by Crippen LogP contribution is -2.25. The van der Waals surface area contributed by atoms with Crippen molar-refractivity contribution in [1.29, 1.82) is 0 Å². The molecule has 0 bridgehead atoms. The van der Waals surface area contributed by atoms with E-state index in [-0.39, 0.29) is 12.5 Å². The number of nitrogens with one attached hydrogen (secondary N) is 1. The van der Waals surface area contributed by atoms with Gasteiger partial charge in [0.05, 0.1) is 11.4 Å². The largest absolute Gasteiger partial charge is 0.483 e. The van der Waals surface area contributed by atoms with Crippen LogP contribution >= 0.6 is 0 Å². The Hall–Kier alpha value is -2.63. The van der Waals surface area contributed by atoms with Gasteiger partial charge >= 0.3 is 0 Å². The standard InChI is InChI=1S/C17H22N4O2/c1-5-14-8-6-7-9-16(14)23-11-17(22)19-18-12(2)15-10-21(4)20-13(15)3/h6-10H,5,11H2,1-4H3,(H,19,22)/b18-12-. The summed E-state index contributed by atoms with van der Waals surface area (Å²) in [4.78, 5) is 11.9. The SMILES string of the molecule is CCc1ccccc1OCC(=O)N/N=C(/C)c1cn(C)nc1C. The maximum absolute atomic E-state index is 11.9. The number of carbonyl (C=O) groups excluding carboxylic acids is 1. The number of hydrogen-bond acceptors (Lipinski definition) is 4. The first kappa shape index (κ1) is 16.7. The molecule has 0 atom stereocenters. The summed E-state index contributed by atoms with van der Waals surface area (Å²) in [7, 11) is 1.85. The van der Waals surface area contributed by atoms with E-state index in [9.17, 15) is 4.79 Å². The monoisotopic (exact) mass is 314 g/mol. The number of nitrogens with zero attached hydrogens (tertiary/aromatic N) is 3. The van der Waals surface area contributed by atoms with Gasteiger partial charge in [-0.3, -0.25) is 9.48 Å². The van der Waals surface area contributed by atoms with Crippen LogP contribution in [0.3, 0.4) is 0 Å². The molecule has 1 aromatic heterocycles. The molecule has 1 heterocycles. The lowest BCUT2D eigenvalue weighted by Gasteiger charge is -2.09. The lowest BCUT2D eigenvalue weighted by atomic mass is 10.1. The van der Waals surface area contributed by atoms with E-state index in [0.717, 1.165) is 29.0 Å². The number of benzene rings is 1. The molecule has 2 aromatic rings. The summed E-state index contributed by atoms with van der Waals surface area (Å²) in [6.45, 7) is 5.71. The van der Waals surface area contributed by atoms with E-state index in [2.05, 4.69) is 15.6 Å². The van der Waals surface area contributed by atoms with Crippen LogP contribution in [0, 0.1) is 6.92 Å². The van der Waals surface area contributed by atoms with E-state index in [0.29, 0.717) is 5.71 Å². The van der Waals surface area contributed by atoms with Crippen LogP contribution in [0.25, 0.3) is 0 Å². The molecule has 0 aliphatic carbocycles. The van der Waals surface area contributed by atoms with Gasteiger partial charge in [0.1, 0.15) is 5.75 Å². The molecule has 122 valence electrons. The second-order valence-electron chi connectivity index (χ2n) is 5.28. The van der Waals surface area contributed by atoms with Crippen LogP contribution in [0.4, 0.5) is 0 Å². The third-order valence-electron chi connectivity index (χ3n) is 3.46. The normalized spacial score (nSPS) is 11.4. The van der Waals surface area contributed by atoms with Crippen LogP contribution in [-0.4, -0.2) is 28.0 Å². The number of aryl methyl sites for hydroxylation is 3. The smallest absolute Gasteiger partial charge is 0.277 e. The zero-order chi connectivity index (χ0) is 16.8. The van der Waals surface area contributed by atoms with E-state index >= 15 is 0 Å². The van der Waals surface area contributed by atoms with Gasteiger partial charge < -0.3 is 4.74 Å². The van der Waals surface area contributed by atoms with E-state index in [1.54, 1.807) is 4.68 Å². The molecule has 1 amide bonds. The highest BCUT2D eigenvalue weighted by atomic mass is 16.5. The van der Waals surface area contributed by atoms with E-state index < -0.39 is 0 Å². The molecule has 0 fully saturated rings. The minimum Gasteiger partial charge on any atom is -0.483 e. The molecule has 6 nitrogen and oxygen atoms in total. The van der Waals surface area contributed by atoms with Gasteiger partial charge in [-0.1, -0.05) is 25.1 Å². The first-order valence-corrected chi connectivity index (χ1v) is 7.55. The van der Waals surface area contributed by atoms with Gasteiger partial charge in [-0.25, -0.2) is 5.43 Å². The van der Waals surface area contributed by atoms with Gasteiger partial charge in [0.25, 0.3) is 5.91 Å². The highest BCUT2D eigenvalue weighted by Crippen LogP contribution is 2.17. The van der Waals surface area contributed by atoms with Gasteiger partial charge in [-0.05, 0) is 31.9 Å². The molecule has 2 rings (SSSR count). The first-order valence-electron chi connectivity index (χ1n) is 7.55. The third-order valence-corrected chi connectivity index (χ3v) is 3.46. The van der Waals surface area contributed by atoms with Gasteiger partial charge in [-0.15, -0.1) is 0 Å². The molecule has 1 N–H and O–H groups in total. The maximum Gasteiger partial charge on any atom is 0.277 e. The highest BCUT2D eigenvalue weighted by molar-refractivity contribution is 6.00. The Bertz CT molecular complexity index is 719. The Balaban J connectivity index is 1.92. The number of hydrazone groups is 1. The van der Waals surface area contributed by atoms with Crippen molar-refractivity contribution >= 4 is 11.6 Å². The molecule has 0 spiro atoms. The Labute approximate surface area is 136 Å². The Morgan fingerprint density at radius 3 is 2.78 bits per heavy atom. The van der Waals surface area contributed by atoms with Crippen molar-refractivity contribution in [2.24, 2.45) is 12.1 Å². The summed E-state index contributed by atoms with van der Waals surface area (Å²) in [5.41, 5.74) is 6.07. The number of ether oxygens (including phenoxy) is 1. The molecule has 0 saturated heterocycles. The van der Waals surface area contributed by atoms with Crippen LogP contribution in [0.1, 0.15) is 30.7 Å².